The van der Waals surface area contributed by atoms with Crippen LogP contribution in [-0.4, -0.2) is 5.54 Å². The highest BCUT2D eigenvalue weighted by molar-refractivity contribution is 9.10. The van der Waals surface area contributed by atoms with Gasteiger partial charge in [-0.1, -0.05) is 22.0 Å². The van der Waals surface area contributed by atoms with E-state index in [-0.39, 0.29) is 12.0 Å². The first-order chi connectivity index (χ1) is 7.09. The molecule has 1 rings (SSSR count). The first kappa shape index (κ1) is 13.5. The van der Waals surface area contributed by atoms with Crippen molar-refractivity contribution in [3.63, 3.8) is 0 Å². The van der Waals surface area contributed by atoms with Gasteiger partial charge in [-0.3, -0.25) is 0 Å². The molecule has 0 radical (unpaired) electrons. The second-order valence-electron chi connectivity index (χ2n) is 4.46. The summed E-state index contributed by atoms with van der Waals surface area (Å²) in [6.45, 7) is 3.41. The van der Waals surface area contributed by atoms with Crippen LogP contribution in [-0.2, 0) is 12.6 Å². The maximum atomic E-state index is 12.7. The molecule has 0 saturated heterocycles. The molecule has 2 N–H and O–H groups in total. The molecule has 0 spiro atoms. The van der Waals surface area contributed by atoms with Crippen molar-refractivity contribution in [2.45, 2.75) is 32.0 Å². The van der Waals surface area contributed by atoms with Crippen LogP contribution in [0.4, 0.5) is 13.2 Å². The van der Waals surface area contributed by atoms with Gasteiger partial charge in [-0.25, -0.2) is 0 Å². The highest BCUT2D eigenvalue weighted by atomic mass is 79.9. The van der Waals surface area contributed by atoms with E-state index >= 15 is 0 Å². The number of benzene rings is 1. The molecular weight excluding hydrogens is 283 g/mol. The monoisotopic (exact) mass is 295 g/mol. The lowest BCUT2D eigenvalue weighted by Crippen LogP contribution is -2.35. The molecule has 90 valence electrons. The van der Waals surface area contributed by atoms with Gasteiger partial charge in [0, 0.05) is 10.0 Å². The van der Waals surface area contributed by atoms with E-state index in [0.717, 1.165) is 6.07 Å². The van der Waals surface area contributed by atoms with Crippen molar-refractivity contribution in [2.75, 3.05) is 0 Å². The summed E-state index contributed by atoms with van der Waals surface area (Å²) < 4.78 is 38.6. The van der Waals surface area contributed by atoms with E-state index in [1.807, 2.05) is 0 Å². The number of nitrogens with two attached hydrogens (primary N) is 1. The number of rotatable bonds is 2. The number of hydrogen-bond acceptors (Lipinski definition) is 1. The van der Waals surface area contributed by atoms with Crippen LogP contribution in [0.25, 0.3) is 0 Å². The molecule has 0 unspecified atom stereocenters. The summed E-state index contributed by atoms with van der Waals surface area (Å²) in [5, 5.41) is 0. The smallest absolute Gasteiger partial charge is 0.325 e. The molecule has 0 aliphatic rings. The minimum Gasteiger partial charge on any atom is -0.325 e. The van der Waals surface area contributed by atoms with Gasteiger partial charge in [0.25, 0.3) is 0 Å². The fourth-order valence-corrected chi connectivity index (χ4v) is 1.82. The Morgan fingerprint density at radius 1 is 1.25 bits per heavy atom. The highest BCUT2D eigenvalue weighted by Crippen LogP contribution is 2.34. The molecule has 1 aromatic rings. The van der Waals surface area contributed by atoms with Crippen molar-refractivity contribution in [3.8, 4) is 0 Å². The zero-order valence-electron chi connectivity index (χ0n) is 9.03. The molecule has 0 saturated carbocycles. The predicted octanol–water partition coefficient (Wildman–Crippen LogP) is 3.75. The molecule has 1 aromatic carbocycles. The third-order valence-corrected chi connectivity index (χ3v) is 2.52. The fraction of sp³-hybridized carbons (Fsp3) is 0.455. The zero-order chi connectivity index (χ0) is 12.6. The Labute approximate surface area is 101 Å². The minimum atomic E-state index is -4.34. The van der Waals surface area contributed by atoms with E-state index in [0.29, 0.717) is 4.47 Å². The average Bonchev–Trinajstić information content (AvgIpc) is 2.04. The van der Waals surface area contributed by atoms with Gasteiger partial charge >= 0.3 is 6.18 Å². The highest BCUT2D eigenvalue weighted by Gasteiger charge is 2.34. The SMILES string of the molecule is CC(C)(N)Cc1ccc(Br)cc1C(F)(F)F. The summed E-state index contributed by atoms with van der Waals surface area (Å²) in [6.07, 6.45) is -4.15. The molecule has 0 amide bonds. The lowest BCUT2D eigenvalue weighted by molar-refractivity contribution is -0.138. The van der Waals surface area contributed by atoms with Gasteiger partial charge in [0.1, 0.15) is 0 Å². The van der Waals surface area contributed by atoms with Gasteiger partial charge in [0.15, 0.2) is 0 Å². The van der Waals surface area contributed by atoms with E-state index < -0.39 is 17.3 Å². The lowest BCUT2D eigenvalue weighted by Gasteiger charge is -2.21. The number of hydrogen-bond donors (Lipinski definition) is 1. The van der Waals surface area contributed by atoms with Crippen molar-refractivity contribution < 1.29 is 13.2 Å². The molecule has 0 aliphatic carbocycles. The normalized spacial score (nSPS) is 12.9. The standard InChI is InChI=1S/C11H13BrF3N/c1-10(2,16)6-7-3-4-8(12)5-9(7)11(13,14)15/h3-5H,6,16H2,1-2H3. The molecule has 0 aromatic heterocycles. The van der Waals surface area contributed by atoms with Crippen LogP contribution in [0.3, 0.4) is 0 Å². The van der Waals surface area contributed by atoms with E-state index in [2.05, 4.69) is 15.9 Å². The van der Waals surface area contributed by atoms with Crippen molar-refractivity contribution in [1.82, 2.24) is 0 Å². The minimum absolute atomic E-state index is 0.190. The van der Waals surface area contributed by atoms with Gasteiger partial charge in [0.05, 0.1) is 5.56 Å². The molecule has 0 bridgehead atoms. The van der Waals surface area contributed by atoms with Crippen molar-refractivity contribution in [2.24, 2.45) is 5.73 Å². The number of alkyl halides is 3. The molecular formula is C11H13BrF3N. The molecule has 1 nitrogen and oxygen atoms in total. The Bertz CT molecular complexity index is 380. The summed E-state index contributed by atoms with van der Waals surface area (Å²) in [5.74, 6) is 0. The Morgan fingerprint density at radius 2 is 1.81 bits per heavy atom. The lowest BCUT2D eigenvalue weighted by atomic mass is 9.93. The Kier molecular flexibility index (Phi) is 3.69. The molecule has 0 fully saturated rings. The van der Waals surface area contributed by atoms with Crippen molar-refractivity contribution >= 4 is 15.9 Å². The van der Waals surface area contributed by atoms with Gasteiger partial charge in [-0.05, 0) is 38.0 Å². The summed E-state index contributed by atoms with van der Waals surface area (Å²) in [6, 6.07) is 4.14. The van der Waals surface area contributed by atoms with Crippen LogP contribution in [0, 0.1) is 0 Å². The molecule has 0 heterocycles. The van der Waals surface area contributed by atoms with Crippen molar-refractivity contribution in [3.05, 3.63) is 33.8 Å². The van der Waals surface area contributed by atoms with Crippen LogP contribution in [0.2, 0.25) is 0 Å². The van der Waals surface area contributed by atoms with Crippen LogP contribution in [0.15, 0.2) is 22.7 Å². The molecule has 0 aliphatic heterocycles. The maximum Gasteiger partial charge on any atom is 0.416 e. The number of halogens is 4. The van der Waals surface area contributed by atoms with Gasteiger partial charge < -0.3 is 5.73 Å². The largest absolute Gasteiger partial charge is 0.416 e. The molecule has 5 heteroatoms. The van der Waals surface area contributed by atoms with Gasteiger partial charge in [-0.2, -0.15) is 13.2 Å². The Balaban J connectivity index is 3.19. The predicted molar refractivity (Wildman–Crippen MR) is 61.1 cm³/mol. The first-order valence-corrected chi connectivity index (χ1v) is 5.53. The fourth-order valence-electron chi connectivity index (χ4n) is 1.46. The first-order valence-electron chi connectivity index (χ1n) is 4.74. The van der Waals surface area contributed by atoms with Crippen LogP contribution >= 0.6 is 15.9 Å². The topological polar surface area (TPSA) is 26.0 Å². The van der Waals surface area contributed by atoms with Crippen LogP contribution < -0.4 is 5.73 Å². The van der Waals surface area contributed by atoms with Crippen LogP contribution in [0.5, 0.6) is 0 Å². The third kappa shape index (κ3) is 3.79. The van der Waals surface area contributed by atoms with Crippen LogP contribution in [0.1, 0.15) is 25.0 Å². The van der Waals surface area contributed by atoms with Gasteiger partial charge in [-0.15, -0.1) is 0 Å². The third-order valence-electron chi connectivity index (χ3n) is 2.02. The maximum absolute atomic E-state index is 12.7. The summed E-state index contributed by atoms with van der Waals surface area (Å²) in [4.78, 5) is 0. The second-order valence-corrected chi connectivity index (χ2v) is 5.38. The van der Waals surface area contributed by atoms with E-state index in [4.69, 9.17) is 5.73 Å². The summed E-state index contributed by atoms with van der Waals surface area (Å²) in [7, 11) is 0. The molecule has 16 heavy (non-hydrogen) atoms. The second kappa shape index (κ2) is 4.37. The summed E-state index contributed by atoms with van der Waals surface area (Å²) in [5.41, 5.74) is 4.68. The molecule has 0 atom stereocenters. The van der Waals surface area contributed by atoms with E-state index in [1.165, 1.54) is 6.07 Å². The Hall–Kier alpha value is -0.550. The summed E-state index contributed by atoms with van der Waals surface area (Å²) >= 11 is 3.04. The van der Waals surface area contributed by atoms with Crippen molar-refractivity contribution in [1.29, 1.82) is 0 Å². The van der Waals surface area contributed by atoms with E-state index in [9.17, 15) is 13.2 Å². The zero-order valence-corrected chi connectivity index (χ0v) is 10.6. The van der Waals surface area contributed by atoms with E-state index in [1.54, 1.807) is 19.9 Å². The Morgan fingerprint density at radius 3 is 2.25 bits per heavy atom. The average molecular weight is 296 g/mol. The van der Waals surface area contributed by atoms with Gasteiger partial charge in [0.2, 0.25) is 0 Å². The quantitative estimate of drug-likeness (QED) is 0.883.